The van der Waals surface area contributed by atoms with Gasteiger partial charge in [-0.15, -0.1) is 0 Å². The number of aliphatic hydroxyl groups is 1. The minimum Gasteiger partial charge on any atom is -0.512 e. The molecule has 1 amide bonds. The number of nitrogens with one attached hydrogen (secondary N) is 2. The van der Waals surface area contributed by atoms with Gasteiger partial charge in [0.05, 0.1) is 18.1 Å². The van der Waals surface area contributed by atoms with Gasteiger partial charge in [0, 0.05) is 42.8 Å². The van der Waals surface area contributed by atoms with Crippen LogP contribution in [0.4, 0.5) is 6.01 Å². The van der Waals surface area contributed by atoms with E-state index < -0.39 is 6.04 Å². The number of para-hydroxylation sites is 2. The van der Waals surface area contributed by atoms with E-state index in [1.54, 1.807) is 12.4 Å². The van der Waals surface area contributed by atoms with Crippen molar-refractivity contribution in [2.45, 2.75) is 37.8 Å². The smallest absolute Gasteiger partial charge is 0.302 e. The standard InChI is InChI=1S/C26H25N7O4/c34-22-9-3-1-7-17(22)21-14-20(16-6-5-12-27-15-16)32-33(21)36-13-11-19-24(35)30-25(28-19)31-26-29-18-8-2-4-10-23(18)37-26/h1-2,4-8,10,12,15,19,21,34H,3,9,11,13-14H2,(H2,28,29,30,31,35). The van der Waals surface area contributed by atoms with Crippen LogP contribution in [0.5, 0.6) is 0 Å². The lowest BCUT2D eigenvalue weighted by Gasteiger charge is -2.25. The molecule has 1 aromatic carbocycles. The Morgan fingerprint density at radius 2 is 2.16 bits per heavy atom. The lowest BCUT2D eigenvalue weighted by molar-refractivity contribution is -0.172. The van der Waals surface area contributed by atoms with Crippen molar-refractivity contribution in [1.29, 1.82) is 0 Å². The molecule has 37 heavy (non-hydrogen) atoms. The van der Waals surface area contributed by atoms with Gasteiger partial charge in [-0.3, -0.25) is 19.9 Å². The zero-order valence-corrected chi connectivity index (χ0v) is 19.9. The maximum Gasteiger partial charge on any atom is 0.302 e. The number of aromatic nitrogens is 2. The number of carbonyl (C=O) groups excluding carboxylic acids is 1. The molecule has 2 aromatic heterocycles. The molecule has 11 nitrogen and oxygen atoms in total. The minimum atomic E-state index is -0.558. The molecule has 3 aromatic rings. The summed E-state index contributed by atoms with van der Waals surface area (Å²) in [6, 6.07) is 10.6. The second-order valence-corrected chi connectivity index (χ2v) is 8.88. The van der Waals surface area contributed by atoms with Gasteiger partial charge in [0.25, 0.3) is 5.91 Å². The van der Waals surface area contributed by atoms with E-state index in [1.807, 2.05) is 48.6 Å². The van der Waals surface area contributed by atoms with E-state index in [0.29, 0.717) is 36.1 Å². The number of allylic oxidation sites excluding steroid dienone is 2. The van der Waals surface area contributed by atoms with E-state index in [1.165, 1.54) is 5.17 Å². The van der Waals surface area contributed by atoms with E-state index in [0.717, 1.165) is 23.3 Å². The van der Waals surface area contributed by atoms with Gasteiger partial charge < -0.3 is 14.8 Å². The summed E-state index contributed by atoms with van der Waals surface area (Å²) in [5.41, 5.74) is 3.85. The summed E-state index contributed by atoms with van der Waals surface area (Å²) in [6.45, 7) is 0.215. The second-order valence-electron chi connectivity index (χ2n) is 8.88. The first kappa shape index (κ1) is 22.9. The van der Waals surface area contributed by atoms with Gasteiger partial charge in [0.2, 0.25) is 5.96 Å². The molecule has 0 radical (unpaired) electrons. The van der Waals surface area contributed by atoms with E-state index >= 15 is 0 Å². The Balaban J connectivity index is 1.09. The average Bonchev–Trinajstić information content (AvgIpc) is 3.61. The van der Waals surface area contributed by atoms with Crippen LogP contribution in [0.2, 0.25) is 0 Å². The highest BCUT2D eigenvalue weighted by Crippen LogP contribution is 2.31. The van der Waals surface area contributed by atoms with Crippen molar-refractivity contribution in [1.82, 2.24) is 20.5 Å². The number of pyridine rings is 1. The molecular weight excluding hydrogens is 474 g/mol. The third-order valence-electron chi connectivity index (χ3n) is 6.39. The van der Waals surface area contributed by atoms with E-state index in [4.69, 9.17) is 9.25 Å². The number of oxazole rings is 1. The first-order valence-electron chi connectivity index (χ1n) is 12.1. The van der Waals surface area contributed by atoms with Crippen molar-refractivity contribution in [3.8, 4) is 0 Å². The minimum absolute atomic E-state index is 0.215. The number of benzene rings is 1. The first-order chi connectivity index (χ1) is 18.1. The van der Waals surface area contributed by atoms with Crippen LogP contribution in [0.25, 0.3) is 11.1 Å². The molecule has 2 aliphatic heterocycles. The molecule has 0 saturated heterocycles. The molecular formula is C26H25N7O4. The summed E-state index contributed by atoms with van der Waals surface area (Å²) in [5.74, 6) is 0.315. The summed E-state index contributed by atoms with van der Waals surface area (Å²) in [6.07, 6.45) is 9.76. The van der Waals surface area contributed by atoms with Gasteiger partial charge >= 0.3 is 6.01 Å². The highest BCUT2D eigenvalue weighted by Gasteiger charge is 2.34. The Hall–Kier alpha value is -4.51. The van der Waals surface area contributed by atoms with E-state index in [-0.39, 0.29) is 30.5 Å². The number of hydrogen-bond acceptors (Lipinski definition) is 10. The highest BCUT2D eigenvalue weighted by atomic mass is 16.7. The maximum atomic E-state index is 12.5. The Morgan fingerprint density at radius 3 is 3.00 bits per heavy atom. The van der Waals surface area contributed by atoms with Crippen LogP contribution in [0, 0.1) is 0 Å². The van der Waals surface area contributed by atoms with Crippen LogP contribution in [-0.2, 0) is 9.63 Å². The maximum absolute atomic E-state index is 12.5. The summed E-state index contributed by atoms with van der Waals surface area (Å²) in [5, 5.41) is 22.7. The predicted molar refractivity (Wildman–Crippen MR) is 137 cm³/mol. The largest absolute Gasteiger partial charge is 0.512 e. The van der Waals surface area contributed by atoms with Gasteiger partial charge in [-0.1, -0.05) is 30.4 Å². The third kappa shape index (κ3) is 4.81. The van der Waals surface area contributed by atoms with Crippen molar-refractivity contribution in [3.63, 3.8) is 0 Å². The number of hydroxylamine groups is 1. The lowest BCUT2D eigenvalue weighted by Crippen LogP contribution is -2.37. The summed E-state index contributed by atoms with van der Waals surface area (Å²) >= 11 is 0. The molecule has 3 aliphatic rings. The highest BCUT2D eigenvalue weighted by molar-refractivity contribution is 6.08. The quantitative estimate of drug-likeness (QED) is 0.446. The fourth-order valence-corrected chi connectivity index (χ4v) is 4.52. The molecule has 1 aliphatic carbocycles. The molecule has 0 bridgehead atoms. The van der Waals surface area contributed by atoms with Crippen molar-refractivity contribution in [2.24, 2.45) is 10.1 Å². The molecule has 0 fully saturated rings. The van der Waals surface area contributed by atoms with Gasteiger partial charge in [-0.2, -0.15) is 20.3 Å². The monoisotopic (exact) mass is 499 g/mol. The number of nitrogens with zero attached hydrogens (tertiary/aromatic N) is 5. The topological polar surface area (TPSA) is 137 Å². The van der Waals surface area contributed by atoms with Crippen LogP contribution in [-0.4, -0.2) is 56.5 Å². The molecule has 4 heterocycles. The normalized spacial score (nSPS) is 21.4. The van der Waals surface area contributed by atoms with Gasteiger partial charge in [0.15, 0.2) is 5.58 Å². The van der Waals surface area contributed by atoms with E-state index in [2.05, 4.69) is 30.7 Å². The number of rotatable bonds is 7. The number of hydrazone groups is 1. The number of hydrogen-bond donors (Lipinski definition) is 3. The number of aliphatic imine (C=N–C) groups is 1. The zero-order chi connectivity index (χ0) is 25.2. The SMILES string of the molecule is O=C1N=C(Nc2nc3ccccc3o2)NC1CCON1N=C(c2cccnc2)CC1C1=C(O)CCC=C1. The Labute approximate surface area is 212 Å². The fourth-order valence-electron chi connectivity index (χ4n) is 4.52. The molecule has 2 unspecified atom stereocenters. The molecule has 2 atom stereocenters. The number of guanidine groups is 1. The predicted octanol–water partition coefficient (Wildman–Crippen LogP) is 3.45. The average molecular weight is 500 g/mol. The number of anilines is 1. The molecule has 188 valence electrons. The van der Waals surface area contributed by atoms with Crippen molar-refractivity contribution in [3.05, 3.63) is 77.8 Å². The summed E-state index contributed by atoms with van der Waals surface area (Å²) in [7, 11) is 0. The van der Waals surface area contributed by atoms with Crippen LogP contribution in [0.1, 0.15) is 31.2 Å². The summed E-state index contributed by atoms with van der Waals surface area (Å²) in [4.78, 5) is 31.1. The van der Waals surface area contributed by atoms with E-state index in [9.17, 15) is 9.90 Å². The van der Waals surface area contributed by atoms with Gasteiger partial charge in [-0.05, 0) is 24.6 Å². The molecule has 6 rings (SSSR count). The van der Waals surface area contributed by atoms with Gasteiger partial charge in [-0.25, -0.2) is 0 Å². The van der Waals surface area contributed by atoms with Crippen molar-refractivity contribution >= 4 is 34.7 Å². The van der Waals surface area contributed by atoms with Gasteiger partial charge in [0.1, 0.15) is 17.6 Å². The number of carbonyl (C=O) groups is 1. The van der Waals surface area contributed by atoms with Crippen molar-refractivity contribution < 1.29 is 19.2 Å². The second kappa shape index (κ2) is 9.86. The Bertz CT molecular complexity index is 1410. The molecule has 3 N–H and O–H groups in total. The van der Waals surface area contributed by atoms with Crippen molar-refractivity contribution in [2.75, 3.05) is 11.9 Å². The number of amides is 1. The molecule has 0 saturated carbocycles. The van der Waals surface area contributed by atoms with Crippen LogP contribution in [0.15, 0.2) is 86.8 Å². The van der Waals surface area contributed by atoms with Crippen LogP contribution in [0.3, 0.4) is 0 Å². The Kier molecular flexibility index (Phi) is 6.11. The number of aliphatic hydroxyl groups excluding tert-OH is 1. The molecule has 11 heteroatoms. The molecule has 0 spiro atoms. The third-order valence-corrected chi connectivity index (χ3v) is 6.39. The first-order valence-corrected chi connectivity index (χ1v) is 12.1. The summed E-state index contributed by atoms with van der Waals surface area (Å²) < 4.78 is 5.64. The number of fused-ring (bicyclic) bond motifs is 1. The lowest BCUT2D eigenvalue weighted by atomic mass is 9.94. The Morgan fingerprint density at radius 1 is 1.24 bits per heavy atom. The van der Waals surface area contributed by atoms with Crippen LogP contribution < -0.4 is 10.6 Å². The fraction of sp³-hybridized carbons (Fsp3) is 0.269. The zero-order valence-electron chi connectivity index (χ0n) is 19.9. The van der Waals surface area contributed by atoms with Crippen LogP contribution >= 0.6 is 0 Å².